The van der Waals surface area contributed by atoms with Crippen LogP contribution in [0.4, 0.5) is 5.82 Å². The Balaban J connectivity index is 2.13. The number of carbonyl (C=O) groups excluding carboxylic acids is 1. The van der Waals surface area contributed by atoms with Crippen molar-refractivity contribution in [2.75, 3.05) is 12.0 Å². The minimum atomic E-state index is -0.0575. The molecule has 1 fully saturated rings. The van der Waals surface area contributed by atoms with Gasteiger partial charge in [0, 0.05) is 12.6 Å². The topological polar surface area (TPSA) is 84.1 Å². The average Bonchev–Trinajstić information content (AvgIpc) is 2.68. The van der Waals surface area contributed by atoms with Crippen LogP contribution in [0.3, 0.4) is 0 Å². The predicted octanol–water partition coefficient (Wildman–Crippen LogP) is 0.633. The lowest BCUT2D eigenvalue weighted by molar-refractivity contribution is 0.0737. The number of rotatable bonds is 2. The maximum absolute atomic E-state index is 12.2. The van der Waals surface area contributed by atoms with Crippen LogP contribution in [0.2, 0.25) is 0 Å². The second-order valence-corrected chi connectivity index (χ2v) is 4.58. The van der Waals surface area contributed by atoms with E-state index in [0.717, 1.165) is 13.0 Å². The molecule has 0 radical (unpaired) electrons. The molecule has 0 bridgehead atoms. The molecule has 1 aliphatic rings. The summed E-state index contributed by atoms with van der Waals surface area (Å²) in [6.07, 6.45) is 3.95. The Morgan fingerprint density at radius 2 is 2.24 bits per heavy atom. The number of carbonyl (C=O) groups is 1. The van der Waals surface area contributed by atoms with Crippen LogP contribution in [0, 0.1) is 5.92 Å². The molecule has 1 amide bonds. The molecular weight excluding hydrogens is 218 g/mol. The van der Waals surface area contributed by atoms with E-state index < -0.39 is 0 Å². The third-order valence-electron chi connectivity index (χ3n) is 3.06. The van der Waals surface area contributed by atoms with Crippen molar-refractivity contribution in [3.63, 3.8) is 0 Å². The molecule has 2 unspecified atom stereocenters. The van der Waals surface area contributed by atoms with Crippen LogP contribution < -0.4 is 11.3 Å². The van der Waals surface area contributed by atoms with Gasteiger partial charge in [-0.25, -0.2) is 15.8 Å². The standard InChI is InChI=1S/C11H17N5O/c1-7-3-8(2)16(6-7)11(17)9-4-14-10(15-12)5-13-9/h4-5,7-8H,3,6,12H2,1-2H3,(H,14,15). The van der Waals surface area contributed by atoms with Crippen LogP contribution in [0.1, 0.15) is 30.8 Å². The van der Waals surface area contributed by atoms with E-state index in [1.807, 2.05) is 4.90 Å². The summed E-state index contributed by atoms with van der Waals surface area (Å²) in [6, 6.07) is 0.270. The Kier molecular flexibility index (Phi) is 3.23. The van der Waals surface area contributed by atoms with Crippen LogP contribution in [-0.4, -0.2) is 33.4 Å². The Bertz CT molecular complexity index is 405. The highest BCUT2D eigenvalue weighted by Crippen LogP contribution is 2.23. The highest BCUT2D eigenvalue weighted by Gasteiger charge is 2.31. The minimum absolute atomic E-state index is 0.0575. The van der Waals surface area contributed by atoms with E-state index in [-0.39, 0.29) is 11.9 Å². The smallest absolute Gasteiger partial charge is 0.274 e. The lowest BCUT2D eigenvalue weighted by Gasteiger charge is -2.20. The quantitative estimate of drug-likeness (QED) is 0.580. The summed E-state index contributed by atoms with van der Waals surface area (Å²) in [7, 11) is 0. The number of likely N-dealkylation sites (tertiary alicyclic amines) is 1. The molecule has 0 spiro atoms. The van der Waals surface area contributed by atoms with Crippen LogP contribution in [0.15, 0.2) is 12.4 Å². The highest BCUT2D eigenvalue weighted by molar-refractivity contribution is 5.92. The number of hydrogen-bond donors (Lipinski definition) is 2. The van der Waals surface area contributed by atoms with Gasteiger partial charge in [0.1, 0.15) is 5.69 Å². The van der Waals surface area contributed by atoms with Gasteiger partial charge in [0.2, 0.25) is 0 Å². The molecule has 0 saturated carbocycles. The van der Waals surface area contributed by atoms with Crippen LogP contribution in [-0.2, 0) is 0 Å². The van der Waals surface area contributed by atoms with Crippen molar-refractivity contribution in [1.82, 2.24) is 14.9 Å². The zero-order chi connectivity index (χ0) is 12.4. The minimum Gasteiger partial charge on any atom is -0.334 e. The van der Waals surface area contributed by atoms with Gasteiger partial charge in [-0.05, 0) is 19.3 Å². The normalized spacial score (nSPS) is 23.8. The summed E-state index contributed by atoms with van der Waals surface area (Å²) in [6.45, 7) is 5.00. The fraction of sp³-hybridized carbons (Fsp3) is 0.545. The first kappa shape index (κ1) is 11.8. The van der Waals surface area contributed by atoms with Crippen molar-refractivity contribution < 1.29 is 4.79 Å². The zero-order valence-corrected chi connectivity index (χ0v) is 10.1. The lowest BCUT2D eigenvalue weighted by Crippen LogP contribution is -2.34. The van der Waals surface area contributed by atoms with Gasteiger partial charge in [0.15, 0.2) is 5.82 Å². The van der Waals surface area contributed by atoms with Gasteiger partial charge in [-0.2, -0.15) is 0 Å². The first-order valence-corrected chi connectivity index (χ1v) is 5.71. The Hall–Kier alpha value is -1.69. The van der Waals surface area contributed by atoms with Crippen molar-refractivity contribution in [1.29, 1.82) is 0 Å². The molecule has 3 N–H and O–H groups in total. The average molecular weight is 235 g/mol. The summed E-state index contributed by atoms with van der Waals surface area (Å²) in [5, 5.41) is 0. The first-order chi connectivity index (χ1) is 8.11. The van der Waals surface area contributed by atoms with Crippen LogP contribution in [0.25, 0.3) is 0 Å². The first-order valence-electron chi connectivity index (χ1n) is 5.71. The van der Waals surface area contributed by atoms with Crippen LogP contribution >= 0.6 is 0 Å². The van der Waals surface area contributed by atoms with Gasteiger partial charge in [0.25, 0.3) is 5.91 Å². The molecule has 0 aromatic carbocycles. The largest absolute Gasteiger partial charge is 0.334 e. The fourth-order valence-electron chi connectivity index (χ4n) is 2.24. The van der Waals surface area contributed by atoms with Crippen molar-refractivity contribution in [3.05, 3.63) is 18.1 Å². The summed E-state index contributed by atoms with van der Waals surface area (Å²) in [4.78, 5) is 22.1. The number of nitrogens with two attached hydrogens (primary N) is 1. The van der Waals surface area contributed by atoms with Crippen molar-refractivity contribution in [2.45, 2.75) is 26.3 Å². The third kappa shape index (κ3) is 2.36. The van der Waals surface area contributed by atoms with Gasteiger partial charge in [-0.3, -0.25) is 4.79 Å². The van der Waals surface area contributed by atoms with E-state index >= 15 is 0 Å². The molecule has 6 heteroatoms. The number of nitrogens with one attached hydrogen (secondary N) is 1. The van der Waals surface area contributed by atoms with E-state index in [9.17, 15) is 4.79 Å². The van der Waals surface area contributed by atoms with E-state index in [1.165, 1.54) is 12.4 Å². The van der Waals surface area contributed by atoms with Gasteiger partial charge in [-0.1, -0.05) is 6.92 Å². The number of nitrogens with zero attached hydrogens (tertiary/aromatic N) is 3. The van der Waals surface area contributed by atoms with Crippen molar-refractivity contribution in [3.8, 4) is 0 Å². The number of anilines is 1. The summed E-state index contributed by atoms with van der Waals surface area (Å²) < 4.78 is 0. The van der Waals surface area contributed by atoms with Crippen molar-refractivity contribution in [2.24, 2.45) is 11.8 Å². The van der Waals surface area contributed by atoms with Gasteiger partial charge in [0.05, 0.1) is 12.4 Å². The summed E-state index contributed by atoms with van der Waals surface area (Å²) in [5.41, 5.74) is 2.75. The molecule has 1 aromatic rings. The maximum atomic E-state index is 12.2. The van der Waals surface area contributed by atoms with Gasteiger partial charge >= 0.3 is 0 Å². The number of amides is 1. The molecular formula is C11H17N5O. The molecule has 2 rings (SSSR count). The van der Waals surface area contributed by atoms with Crippen molar-refractivity contribution >= 4 is 11.7 Å². The lowest BCUT2D eigenvalue weighted by atomic mass is 10.1. The van der Waals surface area contributed by atoms with E-state index in [0.29, 0.717) is 17.4 Å². The second kappa shape index (κ2) is 4.67. The molecule has 92 valence electrons. The second-order valence-electron chi connectivity index (χ2n) is 4.58. The molecule has 17 heavy (non-hydrogen) atoms. The number of aromatic nitrogens is 2. The molecule has 2 atom stereocenters. The van der Waals surface area contributed by atoms with Gasteiger partial charge in [-0.15, -0.1) is 0 Å². The highest BCUT2D eigenvalue weighted by atomic mass is 16.2. The zero-order valence-electron chi connectivity index (χ0n) is 10.1. The third-order valence-corrected chi connectivity index (χ3v) is 3.06. The Labute approximate surface area is 100 Å². The maximum Gasteiger partial charge on any atom is 0.274 e. The number of hydrazine groups is 1. The SMILES string of the molecule is CC1CC(C)N(C(=O)c2cnc(NN)cn2)C1. The van der Waals surface area contributed by atoms with E-state index in [2.05, 4.69) is 29.2 Å². The molecule has 1 aliphatic heterocycles. The molecule has 1 saturated heterocycles. The summed E-state index contributed by atoms with van der Waals surface area (Å²) in [5.74, 6) is 6.13. The monoisotopic (exact) mass is 235 g/mol. The van der Waals surface area contributed by atoms with E-state index in [4.69, 9.17) is 5.84 Å². The molecule has 0 aliphatic carbocycles. The fourth-order valence-corrected chi connectivity index (χ4v) is 2.24. The van der Waals surface area contributed by atoms with Crippen LogP contribution in [0.5, 0.6) is 0 Å². The molecule has 2 heterocycles. The van der Waals surface area contributed by atoms with E-state index in [1.54, 1.807) is 0 Å². The van der Waals surface area contributed by atoms with Gasteiger partial charge < -0.3 is 10.3 Å². The summed E-state index contributed by atoms with van der Waals surface area (Å²) >= 11 is 0. The molecule has 1 aromatic heterocycles. The Morgan fingerprint density at radius 3 is 2.71 bits per heavy atom. The number of hydrogen-bond acceptors (Lipinski definition) is 5. The predicted molar refractivity (Wildman–Crippen MR) is 64.1 cm³/mol. The molecule has 6 nitrogen and oxygen atoms in total. The Morgan fingerprint density at radius 1 is 1.47 bits per heavy atom. The number of nitrogen functional groups attached to an aromatic ring is 1.